The van der Waals surface area contributed by atoms with E-state index in [4.69, 9.17) is 9.47 Å². The lowest BCUT2D eigenvalue weighted by atomic mass is 10.1. The Hall–Kier alpha value is -2.14. The maximum Gasteiger partial charge on any atom is 0.211 e. The molecule has 0 bridgehead atoms. The smallest absolute Gasteiger partial charge is 0.211 e. The third-order valence-corrected chi connectivity index (χ3v) is 9.04. The highest BCUT2D eigenvalue weighted by Crippen LogP contribution is 2.14. The van der Waals surface area contributed by atoms with Gasteiger partial charge in [-0.05, 0) is 25.0 Å². The zero-order valence-corrected chi connectivity index (χ0v) is 30.2. The van der Waals surface area contributed by atoms with Crippen LogP contribution in [0.2, 0.25) is 0 Å². The number of aliphatic hydroxyl groups is 1. The van der Waals surface area contributed by atoms with Gasteiger partial charge in [0.25, 0.3) is 0 Å². The van der Waals surface area contributed by atoms with Crippen LogP contribution in [0.4, 0.5) is 0 Å². The van der Waals surface area contributed by atoms with E-state index in [-0.39, 0.29) is 0 Å². The summed E-state index contributed by atoms with van der Waals surface area (Å²) in [4.78, 5) is 0. The number of pyridine rings is 2. The Bertz CT molecular complexity index is 877. The Kier molecular flexibility index (Phi) is 25.3. The number of nitrogens with zero attached hydrogens (tertiary/aromatic N) is 2. The molecule has 2 aromatic heterocycles. The first-order valence-corrected chi connectivity index (χ1v) is 19.6. The highest BCUT2D eigenvalue weighted by molar-refractivity contribution is 5.13. The van der Waals surface area contributed by atoms with Crippen LogP contribution in [0.1, 0.15) is 168 Å². The molecule has 0 aliphatic carbocycles. The molecule has 0 aliphatic rings. The Morgan fingerprint density at radius 2 is 0.783 bits per heavy atom. The summed E-state index contributed by atoms with van der Waals surface area (Å²) in [5.41, 5.74) is 0. The molecule has 0 atom stereocenters. The van der Waals surface area contributed by atoms with Gasteiger partial charge in [0.05, 0.1) is 13.2 Å². The molecule has 0 aliphatic heterocycles. The van der Waals surface area contributed by atoms with Crippen LogP contribution in [-0.4, -0.2) is 24.4 Å². The van der Waals surface area contributed by atoms with Gasteiger partial charge in [-0.15, -0.1) is 0 Å². The normalized spacial score (nSPS) is 11.4. The third kappa shape index (κ3) is 22.4. The fourth-order valence-electron chi connectivity index (χ4n) is 6.20. The predicted octanol–water partition coefficient (Wildman–Crippen LogP) is 10.5. The summed E-state index contributed by atoms with van der Waals surface area (Å²) < 4.78 is 16.1. The molecule has 5 heteroatoms. The lowest BCUT2D eigenvalue weighted by Crippen LogP contribution is -2.47. The SMILES string of the molecule is CCCCCCCCCCCCCCOc1ccc[n+](CC(O)C[n+]2cccc(OCCCCCCCCCCCCCC)c2)c1. The Labute approximate surface area is 284 Å². The lowest BCUT2D eigenvalue weighted by Gasteiger charge is -2.08. The van der Waals surface area contributed by atoms with E-state index in [0.717, 1.165) is 37.6 Å². The molecule has 46 heavy (non-hydrogen) atoms. The molecule has 0 aromatic carbocycles. The van der Waals surface area contributed by atoms with Crippen LogP contribution in [0.15, 0.2) is 49.1 Å². The van der Waals surface area contributed by atoms with Gasteiger partial charge in [-0.25, -0.2) is 0 Å². The first kappa shape index (κ1) is 40.0. The summed E-state index contributed by atoms with van der Waals surface area (Å²) in [5, 5.41) is 10.8. The van der Waals surface area contributed by atoms with E-state index < -0.39 is 6.10 Å². The maximum atomic E-state index is 10.8. The fourth-order valence-corrected chi connectivity index (χ4v) is 6.20. The summed E-state index contributed by atoms with van der Waals surface area (Å²) >= 11 is 0. The maximum absolute atomic E-state index is 10.8. The second-order valence-corrected chi connectivity index (χ2v) is 13.6. The molecule has 1 N–H and O–H groups in total. The molecular weight excluding hydrogens is 568 g/mol. The van der Waals surface area contributed by atoms with Gasteiger partial charge in [-0.3, -0.25) is 0 Å². The van der Waals surface area contributed by atoms with Crippen molar-refractivity contribution in [2.24, 2.45) is 0 Å². The van der Waals surface area contributed by atoms with Gasteiger partial charge >= 0.3 is 0 Å². The third-order valence-electron chi connectivity index (χ3n) is 9.04. The molecule has 2 aromatic rings. The summed E-state index contributed by atoms with van der Waals surface area (Å²) in [5.74, 6) is 1.75. The van der Waals surface area contributed by atoms with Crippen LogP contribution in [0.3, 0.4) is 0 Å². The zero-order chi connectivity index (χ0) is 32.8. The summed E-state index contributed by atoms with van der Waals surface area (Å²) in [6.45, 7) is 7.12. The van der Waals surface area contributed by atoms with Gasteiger partial charge in [0, 0.05) is 12.1 Å². The lowest BCUT2D eigenvalue weighted by molar-refractivity contribution is -0.738. The Morgan fingerprint density at radius 1 is 0.478 bits per heavy atom. The van der Waals surface area contributed by atoms with E-state index in [0.29, 0.717) is 13.1 Å². The molecular formula is C41H72N2O3+2. The van der Waals surface area contributed by atoms with E-state index in [2.05, 4.69) is 13.8 Å². The molecule has 0 saturated heterocycles. The number of rotatable bonds is 32. The van der Waals surface area contributed by atoms with Crippen LogP contribution >= 0.6 is 0 Å². The van der Waals surface area contributed by atoms with Crippen molar-refractivity contribution in [3.8, 4) is 11.5 Å². The standard InChI is InChI=1S/C41H72N2O3/c1-3-5-7-9-11-13-15-17-19-21-23-25-33-45-40-29-27-31-42(37-40)35-39(44)36-43-32-28-30-41(38-43)46-34-26-24-22-20-18-16-14-12-10-8-6-4-2/h27-32,37-39,44H,3-26,33-36H2,1-2H3/q+2. The van der Waals surface area contributed by atoms with Crippen molar-refractivity contribution in [2.45, 2.75) is 187 Å². The van der Waals surface area contributed by atoms with Crippen LogP contribution in [-0.2, 0) is 13.1 Å². The Balaban J connectivity index is 1.51. The van der Waals surface area contributed by atoms with Gasteiger partial charge in [-0.2, -0.15) is 9.13 Å². The van der Waals surface area contributed by atoms with Gasteiger partial charge in [0.1, 0.15) is 0 Å². The molecule has 0 spiro atoms. The predicted molar refractivity (Wildman–Crippen MR) is 192 cm³/mol. The van der Waals surface area contributed by atoms with Gasteiger partial charge in [-0.1, -0.05) is 155 Å². The molecule has 262 valence electrons. The number of hydrogen-bond acceptors (Lipinski definition) is 3. The molecule has 0 fully saturated rings. The van der Waals surface area contributed by atoms with Crippen molar-refractivity contribution < 1.29 is 23.7 Å². The van der Waals surface area contributed by atoms with E-state index in [1.807, 2.05) is 58.2 Å². The van der Waals surface area contributed by atoms with Crippen molar-refractivity contribution in [1.29, 1.82) is 0 Å². The molecule has 0 amide bonds. The van der Waals surface area contributed by atoms with Gasteiger partial charge in [0.15, 0.2) is 43.1 Å². The summed E-state index contributed by atoms with van der Waals surface area (Å²) in [7, 11) is 0. The van der Waals surface area contributed by atoms with Crippen LogP contribution < -0.4 is 18.6 Å². The highest BCUT2D eigenvalue weighted by Gasteiger charge is 2.17. The minimum absolute atomic E-state index is 0.506. The second-order valence-electron chi connectivity index (χ2n) is 13.6. The highest BCUT2D eigenvalue weighted by atomic mass is 16.5. The number of hydrogen-bond donors (Lipinski definition) is 1. The Morgan fingerprint density at radius 3 is 1.11 bits per heavy atom. The number of aromatic nitrogens is 2. The number of aliphatic hydroxyl groups excluding tert-OH is 1. The van der Waals surface area contributed by atoms with E-state index in [1.54, 1.807) is 0 Å². The largest absolute Gasteiger partial charge is 0.487 e. The molecule has 2 heterocycles. The summed E-state index contributed by atoms with van der Waals surface area (Å²) in [6.07, 6.45) is 39.9. The minimum atomic E-state index is -0.506. The van der Waals surface area contributed by atoms with Crippen LogP contribution in [0, 0.1) is 0 Å². The van der Waals surface area contributed by atoms with Gasteiger partial charge < -0.3 is 14.6 Å². The second kappa shape index (κ2) is 29.0. The first-order valence-electron chi connectivity index (χ1n) is 19.6. The van der Waals surface area contributed by atoms with E-state index >= 15 is 0 Å². The fraction of sp³-hybridized carbons (Fsp3) is 0.756. The van der Waals surface area contributed by atoms with E-state index in [9.17, 15) is 5.11 Å². The van der Waals surface area contributed by atoms with E-state index in [1.165, 1.54) is 141 Å². The van der Waals surface area contributed by atoms with Crippen molar-refractivity contribution in [2.75, 3.05) is 13.2 Å². The van der Waals surface area contributed by atoms with Crippen LogP contribution in [0.25, 0.3) is 0 Å². The quantitative estimate of drug-likeness (QED) is 0.0639. The zero-order valence-electron chi connectivity index (χ0n) is 30.2. The average Bonchev–Trinajstić information content (AvgIpc) is 3.05. The number of unbranched alkanes of at least 4 members (excludes halogenated alkanes) is 22. The topological polar surface area (TPSA) is 46.5 Å². The van der Waals surface area contributed by atoms with Gasteiger partial charge in [0.2, 0.25) is 12.4 Å². The van der Waals surface area contributed by atoms with Crippen molar-refractivity contribution in [3.05, 3.63) is 49.1 Å². The first-order chi connectivity index (χ1) is 22.7. The van der Waals surface area contributed by atoms with Crippen molar-refractivity contribution >= 4 is 0 Å². The van der Waals surface area contributed by atoms with Crippen molar-refractivity contribution in [3.63, 3.8) is 0 Å². The monoisotopic (exact) mass is 641 g/mol. The minimum Gasteiger partial charge on any atom is -0.487 e. The molecule has 0 saturated carbocycles. The molecule has 2 rings (SSSR count). The average molecular weight is 641 g/mol. The van der Waals surface area contributed by atoms with Crippen molar-refractivity contribution in [1.82, 2.24) is 0 Å². The molecule has 0 unspecified atom stereocenters. The van der Waals surface area contributed by atoms with Crippen LogP contribution in [0.5, 0.6) is 11.5 Å². The number of ether oxygens (including phenoxy) is 2. The molecule has 0 radical (unpaired) electrons. The molecule has 5 nitrogen and oxygen atoms in total. The summed E-state index contributed by atoms with van der Waals surface area (Å²) in [6, 6.07) is 8.02.